The van der Waals surface area contributed by atoms with Crippen molar-refractivity contribution in [3.63, 3.8) is 0 Å². The van der Waals surface area contributed by atoms with E-state index in [0.29, 0.717) is 0 Å². The van der Waals surface area contributed by atoms with Crippen molar-refractivity contribution in [2.45, 2.75) is 0 Å². The van der Waals surface area contributed by atoms with Crippen molar-refractivity contribution in [2.24, 2.45) is 0 Å². The number of carboxylic acids is 1. The van der Waals surface area contributed by atoms with Gasteiger partial charge < -0.3 is 18.5 Å². The molecular formula is C7H10BaO4. The third-order valence-electron chi connectivity index (χ3n) is 1.13. The summed E-state index contributed by atoms with van der Waals surface area (Å²) < 4.78 is 0. The van der Waals surface area contributed by atoms with Crippen molar-refractivity contribution < 1.29 is 23.3 Å². The zero-order valence-corrected chi connectivity index (χ0v) is 10.8. The van der Waals surface area contributed by atoms with E-state index < -0.39 is 5.97 Å². The standard InChI is InChI=1S/C7H6O3.Ba.H2O.2H/c8-6-4-2-1-3-5(6)7(9)10;;;;/h1-4,8H,(H,9,10);;1H2;;/q;+2;;2*-1. The minimum absolute atomic E-state index is 0. The molecule has 1 aromatic rings. The fourth-order valence-electron chi connectivity index (χ4n) is 0.654. The second-order valence-corrected chi connectivity index (χ2v) is 1.82. The largest absolute Gasteiger partial charge is 2.00 e. The number of benzene rings is 1. The van der Waals surface area contributed by atoms with Gasteiger partial charge in [0.25, 0.3) is 0 Å². The minimum atomic E-state index is -1.11. The maximum absolute atomic E-state index is 10.3. The number of carbonyl (C=O) groups is 1. The normalized spacial score (nSPS) is 7.67. The summed E-state index contributed by atoms with van der Waals surface area (Å²) in [5.74, 6) is -1.31. The first-order valence-electron chi connectivity index (χ1n) is 2.73. The van der Waals surface area contributed by atoms with Crippen LogP contribution >= 0.6 is 0 Å². The van der Waals surface area contributed by atoms with E-state index in [2.05, 4.69) is 0 Å². The first kappa shape index (κ1) is 14.5. The summed E-state index contributed by atoms with van der Waals surface area (Å²) >= 11 is 0. The van der Waals surface area contributed by atoms with Gasteiger partial charge in [0.1, 0.15) is 11.3 Å². The second-order valence-electron chi connectivity index (χ2n) is 1.82. The Hall–Kier alpha value is 0.0214. The molecule has 0 aliphatic heterocycles. The molecule has 0 aliphatic rings. The summed E-state index contributed by atoms with van der Waals surface area (Å²) in [5, 5.41) is 17.3. The maximum Gasteiger partial charge on any atom is 2.00 e. The molecule has 0 saturated heterocycles. The minimum Gasteiger partial charge on any atom is -1.00 e. The molecule has 0 saturated carbocycles. The van der Waals surface area contributed by atoms with Gasteiger partial charge in [-0.2, -0.15) is 0 Å². The van der Waals surface area contributed by atoms with Crippen molar-refractivity contribution in [1.82, 2.24) is 0 Å². The molecule has 12 heavy (non-hydrogen) atoms. The van der Waals surface area contributed by atoms with Crippen LogP contribution < -0.4 is 0 Å². The molecule has 0 heterocycles. The number of carboxylic acid groups (broad SMARTS) is 1. The number of aromatic carboxylic acids is 1. The Labute approximate surface area is 113 Å². The van der Waals surface area contributed by atoms with Gasteiger partial charge in [0, 0.05) is 0 Å². The van der Waals surface area contributed by atoms with Crippen LogP contribution in [0.1, 0.15) is 13.2 Å². The molecule has 1 rings (SSSR count). The summed E-state index contributed by atoms with van der Waals surface area (Å²) in [4.78, 5) is 10.3. The Bertz CT molecular complexity index is 270. The van der Waals surface area contributed by atoms with E-state index in [0.717, 1.165) is 0 Å². The number of rotatable bonds is 1. The summed E-state index contributed by atoms with van der Waals surface area (Å²) in [7, 11) is 0. The molecule has 4 N–H and O–H groups in total. The average Bonchev–Trinajstić information content (AvgIpc) is 1.88. The molecule has 0 aliphatic carbocycles. The molecule has 5 heteroatoms. The van der Waals surface area contributed by atoms with Gasteiger partial charge in [-0.1, -0.05) is 12.1 Å². The van der Waals surface area contributed by atoms with E-state index in [9.17, 15) is 4.79 Å². The number of phenols is 1. The quantitative estimate of drug-likeness (QED) is 0.721. The van der Waals surface area contributed by atoms with Gasteiger partial charge in [-0.3, -0.25) is 0 Å². The van der Waals surface area contributed by atoms with Crippen molar-refractivity contribution in [3.05, 3.63) is 29.8 Å². The average molecular weight is 295 g/mol. The summed E-state index contributed by atoms with van der Waals surface area (Å²) in [6.45, 7) is 0. The number of para-hydroxylation sites is 1. The predicted molar refractivity (Wildman–Crippen MR) is 46.7 cm³/mol. The molecule has 0 amide bonds. The molecule has 0 fully saturated rings. The molecule has 0 atom stereocenters. The third-order valence-corrected chi connectivity index (χ3v) is 1.13. The Morgan fingerprint density at radius 3 is 2.17 bits per heavy atom. The van der Waals surface area contributed by atoms with Crippen LogP contribution in [-0.4, -0.2) is 70.5 Å². The number of hydrogen-bond acceptors (Lipinski definition) is 2. The predicted octanol–water partition coefficient (Wildman–Crippen LogP) is 0.110. The molecule has 0 radical (unpaired) electrons. The van der Waals surface area contributed by atoms with Crippen LogP contribution in [0, 0.1) is 0 Å². The molecule has 4 nitrogen and oxygen atoms in total. The van der Waals surface area contributed by atoms with Gasteiger partial charge in [-0.05, 0) is 12.1 Å². The van der Waals surface area contributed by atoms with E-state index in [4.69, 9.17) is 10.2 Å². The zero-order valence-electron chi connectivity index (χ0n) is 8.32. The SMILES string of the molecule is O.O=C(O)c1ccccc1O.[Ba+2].[H-].[H-]. The molecular weight excluding hydrogens is 285 g/mol. The van der Waals surface area contributed by atoms with Crippen molar-refractivity contribution in [3.8, 4) is 5.75 Å². The Balaban J connectivity index is -0.000000125. The van der Waals surface area contributed by atoms with Crippen LogP contribution in [0.3, 0.4) is 0 Å². The summed E-state index contributed by atoms with van der Waals surface area (Å²) in [5.41, 5.74) is -0.0671. The van der Waals surface area contributed by atoms with Gasteiger partial charge in [-0.25, -0.2) is 4.79 Å². The molecule has 0 bridgehead atoms. The van der Waals surface area contributed by atoms with Gasteiger partial charge in [0.15, 0.2) is 0 Å². The van der Waals surface area contributed by atoms with Crippen molar-refractivity contribution in [1.29, 1.82) is 0 Å². The van der Waals surface area contributed by atoms with Gasteiger partial charge >= 0.3 is 54.9 Å². The van der Waals surface area contributed by atoms with Crippen LogP contribution in [0.5, 0.6) is 5.75 Å². The van der Waals surface area contributed by atoms with E-state index >= 15 is 0 Å². The fraction of sp³-hybridized carbons (Fsp3) is 0. The van der Waals surface area contributed by atoms with E-state index in [1.165, 1.54) is 12.1 Å². The molecule has 1 aromatic carbocycles. The molecule has 0 unspecified atom stereocenters. The maximum atomic E-state index is 10.3. The van der Waals surface area contributed by atoms with Crippen LogP contribution in [0.4, 0.5) is 0 Å². The number of aromatic hydroxyl groups is 1. The topological polar surface area (TPSA) is 89.0 Å². The Morgan fingerprint density at radius 1 is 1.33 bits per heavy atom. The van der Waals surface area contributed by atoms with E-state index in [-0.39, 0.29) is 68.5 Å². The molecule has 0 spiro atoms. The van der Waals surface area contributed by atoms with E-state index in [1.807, 2.05) is 0 Å². The number of hydrogen-bond donors (Lipinski definition) is 2. The Morgan fingerprint density at radius 2 is 1.83 bits per heavy atom. The van der Waals surface area contributed by atoms with Crippen molar-refractivity contribution >= 4 is 54.9 Å². The first-order chi connectivity index (χ1) is 4.72. The Kier molecular flexibility index (Phi) is 7.91. The second kappa shape index (κ2) is 6.53. The fourth-order valence-corrected chi connectivity index (χ4v) is 0.654. The van der Waals surface area contributed by atoms with Crippen molar-refractivity contribution in [2.75, 3.05) is 0 Å². The summed E-state index contributed by atoms with van der Waals surface area (Å²) in [6.07, 6.45) is 0. The van der Waals surface area contributed by atoms with Gasteiger partial charge in [0.05, 0.1) is 0 Å². The third kappa shape index (κ3) is 3.61. The van der Waals surface area contributed by atoms with E-state index in [1.54, 1.807) is 12.1 Å². The molecule has 64 valence electrons. The van der Waals surface area contributed by atoms with Crippen LogP contribution in [-0.2, 0) is 0 Å². The smallest absolute Gasteiger partial charge is 1.00 e. The summed E-state index contributed by atoms with van der Waals surface area (Å²) in [6, 6.07) is 5.81. The van der Waals surface area contributed by atoms with Crippen LogP contribution in [0.2, 0.25) is 0 Å². The van der Waals surface area contributed by atoms with Crippen LogP contribution in [0.25, 0.3) is 0 Å². The van der Waals surface area contributed by atoms with Gasteiger partial charge in [-0.15, -0.1) is 0 Å². The monoisotopic (exact) mass is 296 g/mol. The van der Waals surface area contributed by atoms with Gasteiger partial charge in [0.2, 0.25) is 0 Å². The van der Waals surface area contributed by atoms with Crippen LogP contribution in [0.15, 0.2) is 24.3 Å². The first-order valence-corrected chi connectivity index (χ1v) is 2.73. The zero-order chi connectivity index (χ0) is 7.56. The molecule has 0 aromatic heterocycles.